The van der Waals surface area contributed by atoms with Crippen molar-refractivity contribution in [2.24, 2.45) is 0 Å². The quantitative estimate of drug-likeness (QED) is 0.581. The average Bonchev–Trinajstić information content (AvgIpc) is 2.80. The lowest BCUT2D eigenvalue weighted by atomic mass is 10.0. The number of aromatic nitrogens is 2. The summed E-state index contributed by atoms with van der Waals surface area (Å²) < 4.78 is 6.92. The topological polar surface area (TPSA) is 64.4 Å². The second kappa shape index (κ2) is 9.60. The van der Waals surface area contributed by atoms with Crippen LogP contribution in [0.5, 0.6) is 5.75 Å². The predicted molar refractivity (Wildman–Crippen MR) is 121 cm³/mol. The third kappa shape index (κ3) is 4.85. The van der Waals surface area contributed by atoms with Gasteiger partial charge < -0.3 is 9.64 Å². The number of nitrogens with zero attached hydrogens (tertiary/aromatic N) is 3. The molecular weight excluding hydrogens is 390 g/mol. The first kappa shape index (κ1) is 20.8. The number of amides is 1. The minimum atomic E-state index is -0.162. The van der Waals surface area contributed by atoms with Crippen molar-refractivity contribution in [1.82, 2.24) is 9.78 Å². The lowest BCUT2D eigenvalue weighted by Gasteiger charge is -2.29. The molecule has 0 fully saturated rings. The Bertz CT molecular complexity index is 1110. The van der Waals surface area contributed by atoms with Gasteiger partial charge in [-0.25, -0.2) is 4.68 Å². The maximum absolute atomic E-state index is 12.8. The molecule has 0 bridgehead atoms. The molecule has 4 rings (SSSR count). The van der Waals surface area contributed by atoms with Crippen LogP contribution in [0, 0.1) is 0 Å². The number of fused-ring (bicyclic) bond motifs is 1. The normalized spacial score (nSPS) is 13.0. The van der Waals surface area contributed by atoms with Gasteiger partial charge in [0.05, 0.1) is 12.3 Å². The zero-order chi connectivity index (χ0) is 21.6. The summed E-state index contributed by atoms with van der Waals surface area (Å²) in [6.07, 6.45) is 2.94. The van der Waals surface area contributed by atoms with Gasteiger partial charge in [-0.3, -0.25) is 9.59 Å². The van der Waals surface area contributed by atoms with E-state index in [9.17, 15) is 9.59 Å². The van der Waals surface area contributed by atoms with Crippen molar-refractivity contribution in [3.05, 3.63) is 76.6 Å². The highest BCUT2D eigenvalue weighted by atomic mass is 16.5. The fourth-order valence-corrected chi connectivity index (χ4v) is 3.96. The van der Waals surface area contributed by atoms with E-state index in [1.807, 2.05) is 54.3 Å². The van der Waals surface area contributed by atoms with Crippen molar-refractivity contribution in [3.63, 3.8) is 0 Å². The van der Waals surface area contributed by atoms with Crippen LogP contribution in [-0.2, 0) is 17.8 Å². The summed E-state index contributed by atoms with van der Waals surface area (Å²) in [4.78, 5) is 27.0. The maximum atomic E-state index is 12.8. The maximum Gasteiger partial charge on any atom is 0.266 e. The van der Waals surface area contributed by atoms with E-state index in [4.69, 9.17) is 4.74 Å². The number of para-hydroxylation sites is 1. The van der Waals surface area contributed by atoms with Gasteiger partial charge in [-0.15, -0.1) is 0 Å². The monoisotopic (exact) mass is 417 g/mol. The molecule has 0 N–H and O–H groups in total. The Balaban J connectivity index is 1.40. The lowest BCUT2D eigenvalue weighted by Crippen LogP contribution is -2.35. The molecule has 0 atom stereocenters. The van der Waals surface area contributed by atoms with Gasteiger partial charge in [0.2, 0.25) is 5.91 Å². The van der Waals surface area contributed by atoms with Crippen LogP contribution in [0.15, 0.2) is 65.5 Å². The van der Waals surface area contributed by atoms with Gasteiger partial charge >= 0.3 is 0 Å². The van der Waals surface area contributed by atoms with Gasteiger partial charge in [-0.05, 0) is 68.1 Å². The van der Waals surface area contributed by atoms with Crippen LogP contribution in [0.2, 0.25) is 0 Å². The molecular formula is C25H27N3O3. The van der Waals surface area contributed by atoms with E-state index in [1.54, 1.807) is 6.07 Å². The smallest absolute Gasteiger partial charge is 0.266 e. The summed E-state index contributed by atoms with van der Waals surface area (Å²) in [5, 5.41) is 4.50. The summed E-state index contributed by atoms with van der Waals surface area (Å²) in [5.41, 5.74) is 3.72. The number of carbonyl (C=O) groups is 1. The molecule has 160 valence electrons. The van der Waals surface area contributed by atoms with Crippen LogP contribution in [0.25, 0.3) is 11.3 Å². The molecule has 2 aromatic carbocycles. The van der Waals surface area contributed by atoms with Crippen LogP contribution in [0.3, 0.4) is 0 Å². The number of rotatable bonds is 7. The Kier molecular flexibility index (Phi) is 6.46. The summed E-state index contributed by atoms with van der Waals surface area (Å²) in [6.45, 7) is 3.72. The standard InChI is InChI=1S/C25H27N3O3/c1-2-31-21-13-11-19(12-14-21)22-15-16-25(30)28(26-22)18-6-10-24(29)27-17-5-8-20-7-3-4-9-23(20)27/h3-4,7,9,11-16H,2,5-6,8,10,17-18H2,1H3. The molecule has 31 heavy (non-hydrogen) atoms. The van der Waals surface area contributed by atoms with Crippen LogP contribution in [0.1, 0.15) is 31.7 Å². The zero-order valence-electron chi connectivity index (χ0n) is 17.8. The Labute approximate surface area is 182 Å². The van der Waals surface area contributed by atoms with Gasteiger partial charge in [0, 0.05) is 36.8 Å². The molecule has 1 aliphatic rings. The first-order chi connectivity index (χ1) is 15.2. The molecule has 2 heterocycles. The van der Waals surface area contributed by atoms with Crippen molar-refractivity contribution in [3.8, 4) is 17.0 Å². The Morgan fingerprint density at radius 1 is 1.06 bits per heavy atom. The Hall–Kier alpha value is -3.41. The predicted octanol–water partition coefficient (Wildman–Crippen LogP) is 4.07. The van der Waals surface area contributed by atoms with Crippen LogP contribution in [0.4, 0.5) is 5.69 Å². The highest BCUT2D eigenvalue weighted by molar-refractivity contribution is 5.94. The van der Waals surface area contributed by atoms with E-state index in [-0.39, 0.29) is 11.5 Å². The van der Waals surface area contributed by atoms with Crippen molar-refractivity contribution in [1.29, 1.82) is 0 Å². The molecule has 0 saturated carbocycles. The van der Waals surface area contributed by atoms with Crippen LogP contribution in [-0.4, -0.2) is 28.8 Å². The molecule has 0 unspecified atom stereocenters. The molecule has 0 radical (unpaired) electrons. The summed E-state index contributed by atoms with van der Waals surface area (Å²) >= 11 is 0. The van der Waals surface area contributed by atoms with E-state index in [0.717, 1.165) is 42.1 Å². The van der Waals surface area contributed by atoms with E-state index in [0.29, 0.717) is 26.0 Å². The zero-order valence-corrected chi connectivity index (χ0v) is 17.8. The molecule has 0 aliphatic carbocycles. The third-order valence-corrected chi connectivity index (χ3v) is 5.50. The number of ether oxygens (including phenoxy) is 1. The highest BCUT2D eigenvalue weighted by Crippen LogP contribution is 2.27. The Morgan fingerprint density at radius 2 is 1.87 bits per heavy atom. The molecule has 3 aromatic rings. The van der Waals surface area contributed by atoms with E-state index < -0.39 is 0 Å². The second-order valence-corrected chi connectivity index (χ2v) is 7.62. The number of anilines is 1. The van der Waals surface area contributed by atoms with Gasteiger partial charge in [0.1, 0.15) is 5.75 Å². The first-order valence-electron chi connectivity index (χ1n) is 10.9. The first-order valence-corrected chi connectivity index (χ1v) is 10.9. The average molecular weight is 418 g/mol. The van der Waals surface area contributed by atoms with E-state index >= 15 is 0 Å². The van der Waals surface area contributed by atoms with Crippen molar-refractivity contribution in [2.75, 3.05) is 18.1 Å². The van der Waals surface area contributed by atoms with Crippen LogP contribution < -0.4 is 15.2 Å². The number of aryl methyl sites for hydroxylation is 2. The summed E-state index contributed by atoms with van der Waals surface area (Å²) in [6, 6.07) is 19.0. The van der Waals surface area contributed by atoms with Gasteiger partial charge in [-0.2, -0.15) is 5.10 Å². The van der Waals surface area contributed by atoms with Crippen molar-refractivity contribution in [2.45, 2.75) is 39.2 Å². The second-order valence-electron chi connectivity index (χ2n) is 7.62. The minimum Gasteiger partial charge on any atom is -0.494 e. The minimum absolute atomic E-state index is 0.0999. The molecule has 1 aromatic heterocycles. The SMILES string of the molecule is CCOc1ccc(-c2ccc(=O)n(CCCC(=O)N3CCCc4ccccc43)n2)cc1. The summed E-state index contributed by atoms with van der Waals surface area (Å²) in [5.74, 6) is 0.903. The number of carbonyl (C=O) groups excluding carboxylic acids is 1. The Morgan fingerprint density at radius 3 is 2.68 bits per heavy atom. The lowest BCUT2D eigenvalue weighted by molar-refractivity contribution is -0.118. The number of hydrogen-bond acceptors (Lipinski definition) is 4. The molecule has 6 heteroatoms. The van der Waals surface area contributed by atoms with E-state index in [1.165, 1.54) is 16.3 Å². The third-order valence-electron chi connectivity index (χ3n) is 5.50. The number of benzene rings is 2. The van der Waals surface area contributed by atoms with Crippen molar-refractivity contribution >= 4 is 11.6 Å². The molecule has 0 saturated heterocycles. The van der Waals surface area contributed by atoms with Crippen molar-refractivity contribution < 1.29 is 9.53 Å². The van der Waals surface area contributed by atoms with Gasteiger partial charge in [0.15, 0.2) is 0 Å². The highest BCUT2D eigenvalue weighted by Gasteiger charge is 2.21. The fraction of sp³-hybridized carbons (Fsp3) is 0.320. The largest absolute Gasteiger partial charge is 0.494 e. The molecule has 1 aliphatic heterocycles. The molecule has 0 spiro atoms. The van der Waals surface area contributed by atoms with E-state index in [2.05, 4.69) is 11.2 Å². The number of hydrogen-bond donors (Lipinski definition) is 0. The van der Waals surface area contributed by atoms with Gasteiger partial charge in [-0.1, -0.05) is 18.2 Å². The van der Waals surface area contributed by atoms with Gasteiger partial charge in [0.25, 0.3) is 5.56 Å². The van der Waals surface area contributed by atoms with Crippen LogP contribution >= 0.6 is 0 Å². The summed E-state index contributed by atoms with van der Waals surface area (Å²) in [7, 11) is 0. The fourth-order valence-electron chi connectivity index (χ4n) is 3.96. The molecule has 6 nitrogen and oxygen atoms in total. The molecule has 1 amide bonds.